The molecule has 0 spiro atoms. The molecule has 132 valence electrons. The van der Waals surface area contributed by atoms with Crippen molar-refractivity contribution in [1.82, 2.24) is 4.90 Å². The molecule has 24 heavy (non-hydrogen) atoms. The number of ether oxygens (including phenoxy) is 1. The van der Waals surface area contributed by atoms with Gasteiger partial charge in [0.2, 0.25) is 5.91 Å². The molecule has 2 saturated heterocycles. The predicted octanol–water partition coefficient (Wildman–Crippen LogP) is 2.05. The zero-order chi connectivity index (χ0) is 16.8. The SMILES string of the molecule is O=C(Nc1ccc(CCN2CCC(O)CC2)cc1)[C@@H]1CCCOC1. The first-order valence-electron chi connectivity index (χ1n) is 9.08. The highest BCUT2D eigenvalue weighted by Gasteiger charge is 2.21. The van der Waals surface area contributed by atoms with E-state index in [1.54, 1.807) is 0 Å². The summed E-state index contributed by atoms with van der Waals surface area (Å²) in [5.74, 6) is 0.0437. The maximum Gasteiger partial charge on any atom is 0.229 e. The molecule has 1 aromatic rings. The molecule has 2 fully saturated rings. The predicted molar refractivity (Wildman–Crippen MR) is 94.0 cm³/mol. The van der Waals surface area contributed by atoms with Crippen LogP contribution in [-0.4, -0.2) is 54.9 Å². The number of carbonyl (C=O) groups is 1. The lowest BCUT2D eigenvalue weighted by Gasteiger charge is -2.29. The number of hydrogen-bond acceptors (Lipinski definition) is 4. The first kappa shape index (κ1) is 17.4. The topological polar surface area (TPSA) is 61.8 Å². The molecule has 0 radical (unpaired) electrons. The normalized spacial score (nSPS) is 23.1. The smallest absolute Gasteiger partial charge is 0.229 e. The van der Waals surface area contributed by atoms with Crippen molar-refractivity contribution in [3.05, 3.63) is 29.8 Å². The highest BCUT2D eigenvalue weighted by molar-refractivity contribution is 5.92. The van der Waals surface area contributed by atoms with E-state index in [2.05, 4.69) is 22.3 Å². The van der Waals surface area contributed by atoms with Crippen LogP contribution in [0.1, 0.15) is 31.2 Å². The Kier molecular flexibility index (Phi) is 6.24. The minimum atomic E-state index is -0.112. The van der Waals surface area contributed by atoms with E-state index >= 15 is 0 Å². The Hall–Kier alpha value is -1.43. The monoisotopic (exact) mass is 332 g/mol. The molecule has 2 heterocycles. The molecule has 3 rings (SSSR count). The minimum Gasteiger partial charge on any atom is -0.393 e. The van der Waals surface area contributed by atoms with Gasteiger partial charge in [0, 0.05) is 31.9 Å². The summed E-state index contributed by atoms with van der Waals surface area (Å²) in [6.45, 7) is 4.30. The van der Waals surface area contributed by atoms with Crippen LogP contribution in [0, 0.1) is 5.92 Å². The molecule has 1 amide bonds. The third kappa shape index (κ3) is 5.03. The summed E-state index contributed by atoms with van der Waals surface area (Å²) in [5.41, 5.74) is 2.13. The van der Waals surface area contributed by atoms with E-state index in [0.717, 1.165) is 64.0 Å². The number of benzene rings is 1. The lowest BCUT2D eigenvalue weighted by atomic mass is 10.0. The van der Waals surface area contributed by atoms with E-state index in [1.165, 1.54) is 5.56 Å². The quantitative estimate of drug-likeness (QED) is 0.866. The van der Waals surface area contributed by atoms with Gasteiger partial charge < -0.3 is 20.1 Å². The number of hydrogen-bond donors (Lipinski definition) is 2. The summed E-state index contributed by atoms with van der Waals surface area (Å²) in [6, 6.07) is 8.14. The number of aliphatic hydroxyl groups is 1. The fourth-order valence-electron chi connectivity index (χ4n) is 3.38. The molecule has 2 aliphatic heterocycles. The third-order valence-electron chi connectivity index (χ3n) is 5.03. The molecule has 1 aromatic carbocycles. The van der Waals surface area contributed by atoms with E-state index in [4.69, 9.17) is 4.74 Å². The second-order valence-electron chi connectivity index (χ2n) is 6.92. The molecule has 5 nitrogen and oxygen atoms in total. The Morgan fingerprint density at radius 2 is 1.96 bits per heavy atom. The summed E-state index contributed by atoms with van der Waals surface area (Å²) >= 11 is 0. The van der Waals surface area contributed by atoms with Gasteiger partial charge in [-0.15, -0.1) is 0 Å². The molecule has 0 unspecified atom stereocenters. The number of carbonyl (C=O) groups excluding carboxylic acids is 1. The van der Waals surface area contributed by atoms with E-state index in [1.807, 2.05) is 12.1 Å². The number of anilines is 1. The number of aliphatic hydroxyl groups excluding tert-OH is 1. The van der Waals surface area contributed by atoms with Crippen molar-refractivity contribution in [2.75, 3.05) is 38.2 Å². The molecule has 0 saturated carbocycles. The van der Waals surface area contributed by atoms with E-state index in [0.29, 0.717) is 6.61 Å². The summed E-state index contributed by atoms with van der Waals surface area (Å²) in [7, 11) is 0. The summed E-state index contributed by atoms with van der Waals surface area (Å²) in [5, 5.41) is 12.5. The van der Waals surface area contributed by atoms with Crippen molar-refractivity contribution in [2.24, 2.45) is 5.92 Å². The van der Waals surface area contributed by atoms with Crippen molar-refractivity contribution in [1.29, 1.82) is 0 Å². The molecular formula is C19H28N2O3. The van der Waals surface area contributed by atoms with Crippen LogP contribution in [0.3, 0.4) is 0 Å². The molecule has 1 atom stereocenters. The molecule has 5 heteroatoms. The number of nitrogens with zero attached hydrogens (tertiary/aromatic N) is 1. The van der Waals surface area contributed by atoms with Crippen molar-refractivity contribution in [3.63, 3.8) is 0 Å². The van der Waals surface area contributed by atoms with Crippen LogP contribution < -0.4 is 5.32 Å². The molecule has 0 aromatic heterocycles. The molecule has 2 aliphatic rings. The Bertz CT molecular complexity index is 518. The number of piperidine rings is 1. The summed E-state index contributed by atoms with van der Waals surface area (Å²) in [4.78, 5) is 14.6. The summed E-state index contributed by atoms with van der Waals surface area (Å²) < 4.78 is 5.38. The lowest BCUT2D eigenvalue weighted by molar-refractivity contribution is -0.123. The molecule has 0 aliphatic carbocycles. The zero-order valence-corrected chi connectivity index (χ0v) is 14.2. The minimum absolute atomic E-state index is 0.0205. The second kappa shape index (κ2) is 8.60. The van der Waals surface area contributed by atoms with Crippen molar-refractivity contribution < 1.29 is 14.6 Å². The Labute approximate surface area is 144 Å². The van der Waals surface area contributed by atoms with Gasteiger partial charge in [-0.2, -0.15) is 0 Å². The van der Waals surface area contributed by atoms with Gasteiger partial charge in [0.15, 0.2) is 0 Å². The van der Waals surface area contributed by atoms with E-state index < -0.39 is 0 Å². The number of likely N-dealkylation sites (tertiary alicyclic amines) is 1. The largest absolute Gasteiger partial charge is 0.393 e. The van der Waals surface area contributed by atoms with Gasteiger partial charge in [-0.05, 0) is 49.8 Å². The van der Waals surface area contributed by atoms with Crippen LogP contribution >= 0.6 is 0 Å². The lowest BCUT2D eigenvalue weighted by Crippen LogP contribution is -2.37. The zero-order valence-electron chi connectivity index (χ0n) is 14.2. The fraction of sp³-hybridized carbons (Fsp3) is 0.632. The van der Waals surface area contributed by atoms with Gasteiger partial charge in [0.05, 0.1) is 18.6 Å². The molecular weight excluding hydrogens is 304 g/mol. The number of nitrogens with one attached hydrogen (secondary N) is 1. The average Bonchev–Trinajstić information content (AvgIpc) is 2.63. The van der Waals surface area contributed by atoms with Crippen molar-refractivity contribution >= 4 is 11.6 Å². The Morgan fingerprint density at radius 3 is 2.62 bits per heavy atom. The van der Waals surface area contributed by atoms with E-state index in [-0.39, 0.29) is 17.9 Å². The first-order chi connectivity index (χ1) is 11.7. The van der Waals surface area contributed by atoms with Gasteiger partial charge in [-0.1, -0.05) is 12.1 Å². The van der Waals surface area contributed by atoms with Crippen LogP contribution in [-0.2, 0) is 16.0 Å². The van der Waals surface area contributed by atoms with Gasteiger partial charge in [-0.25, -0.2) is 0 Å². The maximum atomic E-state index is 12.2. The van der Waals surface area contributed by atoms with E-state index in [9.17, 15) is 9.90 Å². The van der Waals surface area contributed by atoms with Crippen LogP contribution in [0.4, 0.5) is 5.69 Å². The first-order valence-corrected chi connectivity index (χ1v) is 9.08. The fourth-order valence-corrected chi connectivity index (χ4v) is 3.38. The highest BCUT2D eigenvalue weighted by atomic mass is 16.5. The van der Waals surface area contributed by atoms with Crippen molar-refractivity contribution in [2.45, 2.75) is 38.2 Å². The average molecular weight is 332 g/mol. The maximum absolute atomic E-state index is 12.2. The molecule has 2 N–H and O–H groups in total. The highest BCUT2D eigenvalue weighted by Crippen LogP contribution is 2.17. The summed E-state index contributed by atoms with van der Waals surface area (Å²) in [6.07, 6.45) is 4.53. The van der Waals surface area contributed by atoms with Crippen LogP contribution in [0.2, 0.25) is 0 Å². The number of rotatable bonds is 5. The standard InChI is InChI=1S/C19H28N2O3/c22-18-8-11-21(12-9-18)10-7-15-3-5-17(6-4-15)20-19(23)16-2-1-13-24-14-16/h3-6,16,18,22H,1-2,7-14H2,(H,20,23)/t16-/m1/s1. The Morgan fingerprint density at radius 1 is 1.21 bits per heavy atom. The van der Waals surface area contributed by atoms with Gasteiger partial charge in [-0.3, -0.25) is 4.79 Å². The Balaban J connectivity index is 1.44. The van der Waals surface area contributed by atoms with Crippen LogP contribution in [0.5, 0.6) is 0 Å². The second-order valence-corrected chi connectivity index (χ2v) is 6.92. The number of amides is 1. The van der Waals surface area contributed by atoms with Crippen LogP contribution in [0.15, 0.2) is 24.3 Å². The van der Waals surface area contributed by atoms with Gasteiger partial charge >= 0.3 is 0 Å². The molecule has 0 bridgehead atoms. The van der Waals surface area contributed by atoms with Crippen LogP contribution in [0.25, 0.3) is 0 Å². The van der Waals surface area contributed by atoms with Gasteiger partial charge in [0.1, 0.15) is 0 Å². The van der Waals surface area contributed by atoms with Crippen molar-refractivity contribution in [3.8, 4) is 0 Å². The van der Waals surface area contributed by atoms with Gasteiger partial charge in [0.25, 0.3) is 0 Å². The third-order valence-corrected chi connectivity index (χ3v) is 5.03.